The molecule has 5 nitrogen and oxygen atoms in total. The molecule has 2 rings (SSSR count). The number of aryl methyl sites for hydroxylation is 1. The van der Waals surface area contributed by atoms with Crippen molar-refractivity contribution < 1.29 is 18.3 Å². The summed E-state index contributed by atoms with van der Waals surface area (Å²) >= 11 is 6.01. The zero-order valence-corrected chi connectivity index (χ0v) is 13.5. The SMILES string of the molecule is Cc1ccc(Nc2cc(C(F)(F)F)nc(NCCCO)n2)cc1Cl. The molecule has 130 valence electrons. The number of alkyl halides is 3. The smallest absolute Gasteiger partial charge is 0.396 e. The lowest BCUT2D eigenvalue weighted by molar-refractivity contribution is -0.141. The number of nitrogens with zero attached hydrogens (tertiary/aromatic N) is 2. The third-order valence-electron chi connectivity index (χ3n) is 3.08. The molecule has 0 aliphatic rings. The quantitative estimate of drug-likeness (QED) is 0.679. The fourth-order valence-corrected chi connectivity index (χ4v) is 2.01. The fourth-order valence-electron chi connectivity index (χ4n) is 1.83. The Labute approximate surface area is 141 Å². The van der Waals surface area contributed by atoms with Gasteiger partial charge in [0.25, 0.3) is 0 Å². The lowest BCUT2D eigenvalue weighted by atomic mass is 10.2. The first-order valence-electron chi connectivity index (χ1n) is 7.14. The van der Waals surface area contributed by atoms with Gasteiger partial charge in [-0.1, -0.05) is 17.7 Å². The molecule has 0 aliphatic carbocycles. The van der Waals surface area contributed by atoms with E-state index in [0.717, 1.165) is 11.6 Å². The van der Waals surface area contributed by atoms with E-state index in [9.17, 15) is 13.2 Å². The number of hydrogen-bond donors (Lipinski definition) is 3. The van der Waals surface area contributed by atoms with Crippen LogP contribution in [0.3, 0.4) is 0 Å². The average molecular weight is 361 g/mol. The molecule has 1 aromatic carbocycles. The van der Waals surface area contributed by atoms with Crippen LogP contribution in [0.4, 0.5) is 30.6 Å². The third kappa shape index (κ3) is 4.97. The van der Waals surface area contributed by atoms with Crippen molar-refractivity contribution in [1.82, 2.24) is 9.97 Å². The van der Waals surface area contributed by atoms with Gasteiger partial charge < -0.3 is 15.7 Å². The van der Waals surface area contributed by atoms with Crippen LogP contribution in [0.2, 0.25) is 5.02 Å². The van der Waals surface area contributed by atoms with Crippen LogP contribution >= 0.6 is 11.6 Å². The van der Waals surface area contributed by atoms with Gasteiger partial charge in [-0.15, -0.1) is 0 Å². The molecule has 0 bridgehead atoms. The van der Waals surface area contributed by atoms with Crippen molar-refractivity contribution in [1.29, 1.82) is 0 Å². The van der Waals surface area contributed by atoms with Gasteiger partial charge in [0.05, 0.1) is 0 Å². The lowest BCUT2D eigenvalue weighted by Gasteiger charge is -2.13. The maximum Gasteiger partial charge on any atom is 0.433 e. The van der Waals surface area contributed by atoms with Crippen molar-refractivity contribution in [2.45, 2.75) is 19.5 Å². The summed E-state index contributed by atoms with van der Waals surface area (Å²) in [6.45, 7) is 1.99. The van der Waals surface area contributed by atoms with E-state index in [4.69, 9.17) is 16.7 Å². The first-order valence-corrected chi connectivity index (χ1v) is 7.51. The highest BCUT2D eigenvalue weighted by Crippen LogP contribution is 2.31. The number of aliphatic hydroxyl groups is 1. The fraction of sp³-hybridized carbons (Fsp3) is 0.333. The van der Waals surface area contributed by atoms with Crippen molar-refractivity contribution in [2.75, 3.05) is 23.8 Å². The van der Waals surface area contributed by atoms with Crippen LogP contribution in [0, 0.1) is 6.92 Å². The maximum atomic E-state index is 13.0. The zero-order valence-electron chi connectivity index (χ0n) is 12.8. The highest BCUT2D eigenvalue weighted by Gasteiger charge is 2.33. The number of aliphatic hydroxyl groups excluding tert-OH is 1. The predicted octanol–water partition coefficient (Wildman–Crippen LogP) is 4.00. The molecule has 0 aliphatic heterocycles. The van der Waals surface area contributed by atoms with Crippen LogP contribution in [0.25, 0.3) is 0 Å². The topological polar surface area (TPSA) is 70.1 Å². The molecule has 0 fully saturated rings. The van der Waals surface area contributed by atoms with E-state index in [1.165, 1.54) is 0 Å². The van der Waals surface area contributed by atoms with Crippen LogP contribution in [0.5, 0.6) is 0 Å². The molecule has 24 heavy (non-hydrogen) atoms. The molecule has 0 spiro atoms. The molecule has 0 amide bonds. The van der Waals surface area contributed by atoms with Gasteiger partial charge in [-0.2, -0.15) is 18.2 Å². The van der Waals surface area contributed by atoms with E-state index in [1.54, 1.807) is 18.2 Å². The van der Waals surface area contributed by atoms with Crippen LogP contribution < -0.4 is 10.6 Å². The molecule has 2 aromatic rings. The van der Waals surface area contributed by atoms with Gasteiger partial charge in [-0.25, -0.2) is 4.98 Å². The Bertz CT molecular complexity index is 710. The van der Waals surface area contributed by atoms with E-state index in [-0.39, 0.29) is 24.9 Å². The summed E-state index contributed by atoms with van der Waals surface area (Å²) in [5.74, 6) is -0.178. The van der Waals surface area contributed by atoms with E-state index in [2.05, 4.69) is 20.6 Å². The predicted molar refractivity (Wildman–Crippen MR) is 86.7 cm³/mol. The summed E-state index contributed by atoms with van der Waals surface area (Å²) in [6, 6.07) is 5.86. The van der Waals surface area contributed by atoms with Crippen molar-refractivity contribution in [3.8, 4) is 0 Å². The zero-order chi connectivity index (χ0) is 17.7. The summed E-state index contributed by atoms with van der Waals surface area (Å²) in [6.07, 6.45) is -4.23. The Morgan fingerprint density at radius 3 is 2.58 bits per heavy atom. The minimum Gasteiger partial charge on any atom is -0.396 e. The van der Waals surface area contributed by atoms with Gasteiger partial charge in [-0.05, 0) is 31.0 Å². The van der Waals surface area contributed by atoms with Gasteiger partial charge >= 0.3 is 6.18 Å². The molecule has 0 radical (unpaired) electrons. The molecular weight excluding hydrogens is 345 g/mol. The standard InChI is InChI=1S/C15H16ClF3N4O/c1-9-3-4-10(7-11(9)16)21-13-8-12(15(17,18)19)22-14(23-13)20-5-2-6-24/h3-4,7-8,24H,2,5-6H2,1H3,(H2,20,21,22,23). The molecule has 1 heterocycles. The molecular formula is C15H16ClF3N4O. The van der Waals surface area contributed by atoms with Crippen molar-refractivity contribution >= 4 is 29.1 Å². The number of nitrogens with one attached hydrogen (secondary N) is 2. The molecule has 9 heteroatoms. The number of rotatable bonds is 6. The van der Waals surface area contributed by atoms with E-state index < -0.39 is 11.9 Å². The van der Waals surface area contributed by atoms with E-state index in [0.29, 0.717) is 17.1 Å². The molecule has 0 atom stereocenters. The first-order chi connectivity index (χ1) is 11.3. The van der Waals surface area contributed by atoms with Crippen molar-refractivity contribution in [3.63, 3.8) is 0 Å². The Morgan fingerprint density at radius 2 is 1.96 bits per heavy atom. The number of hydrogen-bond acceptors (Lipinski definition) is 5. The molecule has 3 N–H and O–H groups in total. The number of benzene rings is 1. The lowest BCUT2D eigenvalue weighted by Crippen LogP contribution is -2.14. The van der Waals surface area contributed by atoms with Gasteiger partial charge in [0.1, 0.15) is 5.82 Å². The Hall–Kier alpha value is -2.06. The summed E-state index contributed by atoms with van der Waals surface area (Å²) in [4.78, 5) is 7.46. The monoisotopic (exact) mass is 360 g/mol. The molecule has 0 unspecified atom stereocenters. The van der Waals surface area contributed by atoms with Crippen LogP contribution in [0.1, 0.15) is 17.7 Å². The number of anilines is 3. The van der Waals surface area contributed by atoms with Gasteiger partial charge in [0, 0.05) is 29.9 Å². The van der Waals surface area contributed by atoms with Crippen molar-refractivity contribution in [2.24, 2.45) is 0 Å². The Kier molecular flexibility index (Phi) is 5.84. The Balaban J connectivity index is 2.29. The second kappa shape index (κ2) is 7.67. The van der Waals surface area contributed by atoms with Crippen LogP contribution in [-0.4, -0.2) is 28.2 Å². The Morgan fingerprint density at radius 1 is 1.21 bits per heavy atom. The minimum absolute atomic E-state index is 0.0104. The van der Waals surface area contributed by atoms with E-state index >= 15 is 0 Å². The van der Waals surface area contributed by atoms with Gasteiger partial charge in [0.15, 0.2) is 5.69 Å². The van der Waals surface area contributed by atoms with Gasteiger partial charge in [0.2, 0.25) is 5.95 Å². The highest BCUT2D eigenvalue weighted by molar-refractivity contribution is 6.31. The van der Waals surface area contributed by atoms with Crippen molar-refractivity contribution in [3.05, 3.63) is 40.5 Å². The summed E-state index contributed by atoms with van der Waals surface area (Å²) in [5, 5.41) is 14.7. The number of aromatic nitrogens is 2. The second-order valence-corrected chi connectivity index (χ2v) is 5.46. The summed E-state index contributed by atoms with van der Waals surface area (Å²) in [7, 11) is 0. The summed E-state index contributed by atoms with van der Waals surface area (Å²) < 4.78 is 39.0. The largest absolute Gasteiger partial charge is 0.433 e. The van der Waals surface area contributed by atoms with Crippen LogP contribution in [0.15, 0.2) is 24.3 Å². The summed E-state index contributed by atoms with van der Waals surface area (Å²) in [5.41, 5.74) is 0.302. The van der Waals surface area contributed by atoms with Crippen LogP contribution in [-0.2, 0) is 6.18 Å². The highest BCUT2D eigenvalue weighted by atomic mass is 35.5. The van der Waals surface area contributed by atoms with E-state index in [1.807, 2.05) is 6.92 Å². The minimum atomic E-state index is -4.60. The molecule has 0 saturated heterocycles. The molecule has 1 aromatic heterocycles. The van der Waals surface area contributed by atoms with Gasteiger partial charge in [-0.3, -0.25) is 0 Å². The average Bonchev–Trinajstić information content (AvgIpc) is 2.50. The maximum absolute atomic E-state index is 13.0. The molecule has 0 saturated carbocycles. The normalized spacial score (nSPS) is 11.4. The third-order valence-corrected chi connectivity index (χ3v) is 3.49. The number of halogens is 4. The first kappa shape index (κ1) is 18.3. The second-order valence-electron chi connectivity index (χ2n) is 5.05.